The van der Waals surface area contributed by atoms with Gasteiger partial charge in [-0.2, -0.15) is 5.10 Å². The summed E-state index contributed by atoms with van der Waals surface area (Å²) < 4.78 is 17.6. The maximum absolute atomic E-state index is 15.0. The first kappa shape index (κ1) is 16.0. The first-order valence-corrected chi connectivity index (χ1v) is 10.00. The van der Waals surface area contributed by atoms with E-state index in [4.69, 9.17) is 12.2 Å². The summed E-state index contributed by atoms with van der Waals surface area (Å²) >= 11 is 5.31. The summed E-state index contributed by atoms with van der Waals surface area (Å²) in [7, 11) is 0. The fourth-order valence-corrected chi connectivity index (χ4v) is 6.31. The van der Waals surface area contributed by atoms with E-state index in [1.54, 1.807) is 0 Å². The Kier molecular flexibility index (Phi) is 3.44. The number of hydrogen-bond donors (Lipinski definition) is 2. The fraction of sp³-hybridized carbons (Fsp3) is 0.833. The zero-order valence-corrected chi connectivity index (χ0v) is 15.2. The van der Waals surface area contributed by atoms with E-state index in [0.29, 0.717) is 54.9 Å². The molecule has 0 spiro atoms. The van der Waals surface area contributed by atoms with Gasteiger partial charge in [-0.05, 0) is 75.4 Å². The van der Waals surface area contributed by atoms with Crippen molar-refractivity contribution in [2.24, 2.45) is 17.3 Å². The van der Waals surface area contributed by atoms with Crippen molar-refractivity contribution >= 4 is 18.1 Å². The normalized spacial score (nSPS) is 38.9. The van der Waals surface area contributed by atoms with Crippen molar-refractivity contribution in [2.75, 3.05) is 6.54 Å². The van der Waals surface area contributed by atoms with Gasteiger partial charge in [0.05, 0.1) is 5.41 Å². The van der Waals surface area contributed by atoms with Gasteiger partial charge >= 0.3 is 0 Å². The van der Waals surface area contributed by atoms with E-state index in [9.17, 15) is 4.79 Å². The molecule has 2 atom stereocenters. The molecule has 25 heavy (non-hydrogen) atoms. The zero-order valence-electron chi connectivity index (χ0n) is 14.4. The summed E-state index contributed by atoms with van der Waals surface area (Å²) in [6, 6.07) is 0. The number of hydrogen-bond acceptors (Lipinski definition) is 3. The number of aromatic amines is 1. The first-order valence-electron chi connectivity index (χ1n) is 9.59. The van der Waals surface area contributed by atoms with Crippen molar-refractivity contribution < 1.29 is 9.18 Å². The summed E-state index contributed by atoms with van der Waals surface area (Å²) in [4.78, 5) is 12.9. The lowest BCUT2D eigenvalue weighted by molar-refractivity contribution is -0.160. The number of aromatic nitrogens is 3. The van der Waals surface area contributed by atoms with Crippen LogP contribution in [0.3, 0.4) is 0 Å². The number of nitrogens with one attached hydrogen (secondary N) is 2. The monoisotopic (exact) mass is 364 g/mol. The van der Waals surface area contributed by atoms with E-state index in [1.807, 2.05) is 4.57 Å². The van der Waals surface area contributed by atoms with Gasteiger partial charge in [0.2, 0.25) is 5.91 Å². The third kappa shape index (κ3) is 2.66. The largest absolute Gasteiger partial charge is 0.354 e. The second-order valence-corrected chi connectivity index (χ2v) is 9.35. The zero-order chi connectivity index (χ0) is 17.2. The van der Waals surface area contributed by atoms with E-state index in [2.05, 4.69) is 15.5 Å². The highest BCUT2D eigenvalue weighted by molar-refractivity contribution is 7.71. The molecule has 0 aliphatic heterocycles. The van der Waals surface area contributed by atoms with Crippen LogP contribution in [0.1, 0.15) is 63.1 Å². The highest BCUT2D eigenvalue weighted by Crippen LogP contribution is 2.63. The molecule has 0 saturated heterocycles. The summed E-state index contributed by atoms with van der Waals surface area (Å²) in [5.74, 6) is 2.39. The van der Waals surface area contributed by atoms with Crippen molar-refractivity contribution in [3.63, 3.8) is 0 Å². The van der Waals surface area contributed by atoms with Crippen molar-refractivity contribution in [3.05, 3.63) is 10.6 Å². The van der Waals surface area contributed by atoms with E-state index in [-0.39, 0.29) is 5.91 Å². The molecule has 5 saturated carbocycles. The summed E-state index contributed by atoms with van der Waals surface area (Å²) in [5.41, 5.74) is -1.55. The second-order valence-electron chi connectivity index (χ2n) is 8.96. The highest BCUT2D eigenvalue weighted by Gasteiger charge is 2.61. The van der Waals surface area contributed by atoms with Crippen molar-refractivity contribution in [1.29, 1.82) is 0 Å². The Hall–Kier alpha value is -1.24. The smallest absolute Gasteiger partial charge is 0.226 e. The quantitative estimate of drug-likeness (QED) is 0.789. The Morgan fingerprint density at radius 3 is 2.68 bits per heavy atom. The van der Waals surface area contributed by atoms with Gasteiger partial charge in [0, 0.05) is 19.0 Å². The average Bonchev–Trinajstić information content (AvgIpc) is 3.30. The van der Waals surface area contributed by atoms with Gasteiger partial charge in [0.15, 0.2) is 4.77 Å². The van der Waals surface area contributed by atoms with E-state index in [1.165, 1.54) is 0 Å². The predicted octanol–water partition coefficient (Wildman–Crippen LogP) is 3.24. The Balaban J connectivity index is 1.26. The van der Waals surface area contributed by atoms with Crippen LogP contribution in [0.25, 0.3) is 0 Å². The Labute approximate surface area is 151 Å². The van der Waals surface area contributed by atoms with Crippen molar-refractivity contribution in [2.45, 2.75) is 69.5 Å². The number of carbonyl (C=O) groups excluding carboxylic acids is 1. The number of H-pyrrole nitrogens is 1. The molecule has 0 aromatic carbocycles. The van der Waals surface area contributed by atoms with Crippen LogP contribution in [0.2, 0.25) is 0 Å². The van der Waals surface area contributed by atoms with Crippen molar-refractivity contribution in [3.8, 4) is 0 Å². The van der Waals surface area contributed by atoms with Crippen LogP contribution in [0.4, 0.5) is 4.39 Å². The van der Waals surface area contributed by atoms with Crippen LogP contribution >= 0.6 is 12.2 Å². The number of halogens is 1. The number of rotatable bonds is 5. The van der Waals surface area contributed by atoms with E-state index in [0.717, 1.165) is 37.9 Å². The molecular formula is C18H25FN4OS. The van der Waals surface area contributed by atoms with Gasteiger partial charge in [-0.25, -0.2) is 4.39 Å². The highest BCUT2D eigenvalue weighted by atomic mass is 32.1. The van der Waals surface area contributed by atoms with Gasteiger partial charge in [0.1, 0.15) is 11.5 Å². The number of alkyl halides is 1. The molecule has 1 aromatic rings. The molecule has 1 amide bonds. The lowest BCUT2D eigenvalue weighted by atomic mass is 9.48. The second kappa shape index (κ2) is 5.38. The Morgan fingerprint density at radius 2 is 2.04 bits per heavy atom. The lowest BCUT2D eigenvalue weighted by Gasteiger charge is -2.58. The van der Waals surface area contributed by atoms with Crippen LogP contribution in [-0.2, 0) is 11.3 Å². The molecule has 2 N–H and O–H groups in total. The van der Waals surface area contributed by atoms with Crippen LogP contribution < -0.4 is 5.32 Å². The molecule has 2 unspecified atom stereocenters. The molecule has 5 fully saturated rings. The number of amides is 1. The summed E-state index contributed by atoms with van der Waals surface area (Å²) in [6.45, 7) is 1.17. The minimum atomic E-state index is -1.09. The SMILES string of the molecule is O=C(NCCn1c(C2CC2)n[nH]c1=S)C12CC3CC(CC(F)(C3)C1)C2. The van der Waals surface area contributed by atoms with E-state index < -0.39 is 11.1 Å². The molecule has 136 valence electrons. The number of carbonyl (C=O) groups is 1. The lowest BCUT2D eigenvalue weighted by Crippen LogP contribution is -2.59. The molecule has 5 nitrogen and oxygen atoms in total. The minimum Gasteiger partial charge on any atom is -0.354 e. The standard InChI is InChI=1S/C18H25FN4OS/c19-18-8-11-5-12(9-18)7-17(6-11,10-18)15(24)20-3-4-23-14(13-1-2-13)21-22-16(23)25/h11-13H,1-10H2,(H,20,24)(H,22,25). The van der Waals surface area contributed by atoms with Crippen molar-refractivity contribution in [1.82, 2.24) is 20.1 Å². The molecular weight excluding hydrogens is 339 g/mol. The molecule has 6 rings (SSSR count). The van der Waals surface area contributed by atoms with E-state index >= 15 is 4.39 Å². The topological polar surface area (TPSA) is 62.7 Å². The van der Waals surface area contributed by atoms with Crippen LogP contribution in [0, 0.1) is 22.0 Å². The van der Waals surface area contributed by atoms with Crippen LogP contribution in [-0.4, -0.2) is 32.9 Å². The maximum Gasteiger partial charge on any atom is 0.226 e. The third-order valence-electron chi connectivity index (χ3n) is 6.82. The molecule has 1 heterocycles. The van der Waals surface area contributed by atoms with Gasteiger partial charge < -0.3 is 9.88 Å². The Morgan fingerprint density at radius 1 is 1.32 bits per heavy atom. The van der Waals surface area contributed by atoms with Crippen LogP contribution in [0.15, 0.2) is 0 Å². The average molecular weight is 364 g/mol. The van der Waals surface area contributed by atoms with Gasteiger partial charge in [-0.1, -0.05) is 0 Å². The first-order chi connectivity index (χ1) is 12.0. The summed E-state index contributed by atoms with van der Waals surface area (Å²) in [5, 5.41) is 10.3. The molecule has 7 heteroatoms. The maximum atomic E-state index is 15.0. The van der Waals surface area contributed by atoms with Crippen LogP contribution in [0.5, 0.6) is 0 Å². The fourth-order valence-electron chi connectivity index (χ4n) is 6.08. The van der Waals surface area contributed by atoms with Gasteiger partial charge in [-0.3, -0.25) is 9.89 Å². The van der Waals surface area contributed by atoms with Gasteiger partial charge in [-0.15, -0.1) is 0 Å². The predicted molar refractivity (Wildman–Crippen MR) is 93.4 cm³/mol. The molecule has 1 aromatic heterocycles. The third-order valence-corrected chi connectivity index (χ3v) is 7.13. The molecule has 4 bridgehead atoms. The van der Waals surface area contributed by atoms with Gasteiger partial charge in [0.25, 0.3) is 0 Å². The Bertz CT molecular complexity index is 753. The molecule has 0 radical (unpaired) electrons. The minimum absolute atomic E-state index is 0.0617. The molecule has 5 aliphatic carbocycles. The number of nitrogens with zero attached hydrogens (tertiary/aromatic N) is 2. The summed E-state index contributed by atoms with van der Waals surface area (Å²) in [6.07, 6.45) is 6.97. The molecule has 5 aliphatic rings.